The monoisotopic (exact) mass is 274 g/mol. The lowest BCUT2D eigenvalue weighted by Gasteiger charge is -2.23. The lowest BCUT2D eigenvalue weighted by Crippen LogP contribution is -2.35. The van der Waals surface area contributed by atoms with Gasteiger partial charge in [-0.25, -0.2) is 4.98 Å². The highest BCUT2D eigenvalue weighted by atomic mass is 19.4. The number of halogens is 3. The van der Waals surface area contributed by atoms with Gasteiger partial charge in [-0.15, -0.1) is 0 Å². The zero-order valence-corrected chi connectivity index (χ0v) is 10.5. The Morgan fingerprint density at radius 2 is 2.16 bits per heavy atom. The molecule has 1 unspecified atom stereocenters. The van der Waals surface area contributed by atoms with E-state index in [0.29, 0.717) is 12.6 Å². The second-order valence-corrected chi connectivity index (χ2v) is 4.67. The van der Waals surface area contributed by atoms with Crippen molar-refractivity contribution in [1.82, 2.24) is 10.3 Å². The van der Waals surface area contributed by atoms with Crippen molar-refractivity contribution in [2.24, 2.45) is 0 Å². The zero-order valence-electron chi connectivity index (χ0n) is 10.5. The van der Waals surface area contributed by atoms with Crippen molar-refractivity contribution in [2.45, 2.75) is 37.9 Å². The number of alkyl halides is 3. The normalized spacial score (nSPS) is 20.3. The van der Waals surface area contributed by atoms with E-state index in [-0.39, 0.29) is 5.88 Å². The number of hydrogen-bond donors (Lipinski definition) is 1. The fraction of sp³-hybridized carbons (Fsp3) is 0.615. The van der Waals surface area contributed by atoms with E-state index in [0.717, 1.165) is 31.6 Å². The molecule has 1 aliphatic heterocycles. The maximum Gasteiger partial charge on any atom is 0.417 e. The number of hydrogen-bond acceptors (Lipinski definition) is 3. The fourth-order valence-corrected chi connectivity index (χ4v) is 2.11. The van der Waals surface area contributed by atoms with Crippen LogP contribution < -0.4 is 10.1 Å². The molecule has 106 valence electrons. The predicted octanol–water partition coefficient (Wildman–Crippen LogP) is 3.01. The maximum atomic E-state index is 12.3. The Morgan fingerprint density at radius 1 is 1.32 bits per heavy atom. The number of ether oxygens (including phenoxy) is 1. The Balaban J connectivity index is 1.76. The molecule has 1 aromatic rings. The van der Waals surface area contributed by atoms with Crippen LogP contribution in [0.2, 0.25) is 0 Å². The minimum absolute atomic E-state index is 0.240. The molecule has 3 nitrogen and oxygen atoms in total. The van der Waals surface area contributed by atoms with Crippen molar-refractivity contribution >= 4 is 0 Å². The van der Waals surface area contributed by atoms with E-state index >= 15 is 0 Å². The Bertz CT molecular complexity index is 386. The summed E-state index contributed by atoms with van der Waals surface area (Å²) < 4.78 is 42.3. The minimum atomic E-state index is -4.35. The SMILES string of the molecule is FC(F)(F)c1ccc(OCCC2CCCCN2)nc1. The Morgan fingerprint density at radius 3 is 2.74 bits per heavy atom. The van der Waals surface area contributed by atoms with Gasteiger partial charge >= 0.3 is 6.18 Å². The first-order valence-electron chi connectivity index (χ1n) is 6.45. The third-order valence-electron chi connectivity index (χ3n) is 3.19. The molecular weight excluding hydrogens is 257 g/mol. The predicted molar refractivity (Wildman–Crippen MR) is 65.0 cm³/mol. The van der Waals surface area contributed by atoms with E-state index in [4.69, 9.17) is 4.74 Å². The van der Waals surface area contributed by atoms with Crippen LogP contribution in [0, 0.1) is 0 Å². The summed E-state index contributed by atoms with van der Waals surface area (Å²) in [6, 6.07) is 2.70. The number of piperidine rings is 1. The molecule has 0 saturated carbocycles. The average Bonchev–Trinajstić information content (AvgIpc) is 2.39. The van der Waals surface area contributed by atoms with E-state index in [1.165, 1.54) is 18.9 Å². The minimum Gasteiger partial charge on any atom is -0.478 e. The summed E-state index contributed by atoms with van der Waals surface area (Å²) in [5, 5.41) is 3.39. The van der Waals surface area contributed by atoms with Gasteiger partial charge in [-0.2, -0.15) is 13.2 Å². The first-order valence-corrected chi connectivity index (χ1v) is 6.45. The van der Waals surface area contributed by atoms with Crippen LogP contribution in [0.3, 0.4) is 0 Å². The maximum absolute atomic E-state index is 12.3. The first-order chi connectivity index (χ1) is 9.05. The Labute approximate surface area is 110 Å². The van der Waals surface area contributed by atoms with Gasteiger partial charge in [-0.05, 0) is 31.9 Å². The van der Waals surface area contributed by atoms with Gasteiger partial charge in [0.15, 0.2) is 0 Å². The van der Waals surface area contributed by atoms with Gasteiger partial charge in [0.05, 0.1) is 12.2 Å². The van der Waals surface area contributed by atoms with Crippen LogP contribution in [0.5, 0.6) is 5.88 Å². The van der Waals surface area contributed by atoms with E-state index < -0.39 is 11.7 Å². The van der Waals surface area contributed by atoms with Crippen molar-refractivity contribution in [3.8, 4) is 5.88 Å². The van der Waals surface area contributed by atoms with Crippen LogP contribution in [0.25, 0.3) is 0 Å². The molecule has 0 aromatic carbocycles. The smallest absolute Gasteiger partial charge is 0.417 e. The summed E-state index contributed by atoms with van der Waals surface area (Å²) in [6.45, 7) is 1.50. The highest BCUT2D eigenvalue weighted by Crippen LogP contribution is 2.29. The lowest BCUT2D eigenvalue weighted by molar-refractivity contribution is -0.137. The standard InChI is InChI=1S/C13H17F3N2O/c14-13(15,16)10-4-5-12(18-9-10)19-8-6-11-3-1-2-7-17-11/h4-5,9,11,17H,1-3,6-8H2. The molecular formula is C13H17F3N2O. The highest BCUT2D eigenvalue weighted by Gasteiger charge is 2.30. The van der Waals surface area contributed by atoms with Crippen molar-refractivity contribution in [3.63, 3.8) is 0 Å². The molecule has 1 N–H and O–H groups in total. The van der Waals surface area contributed by atoms with Gasteiger partial charge in [0.1, 0.15) is 0 Å². The van der Waals surface area contributed by atoms with Crippen LogP contribution in [-0.4, -0.2) is 24.2 Å². The van der Waals surface area contributed by atoms with E-state index in [1.54, 1.807) is 0 Å². The number of pyridine rings is 1. The highest BCUT2D eigenvalue weighted by molar-refractivity contribution is 5.20. The molecule has 1 atom stereocenters. The molecule has 1 fully saturated rings. The van der Waals surface area contributed by atoms with Crippen LogP contribution in [0.4, 0.5) is 13.2 Å². The largest absolute Gasteiger partial charge is 0.478 e. The zero-order chi connectivity index (χ0) is 13.7. The molecule has 1 saturated heterocycles. The van der Waals surface area contributed by atoms with Gasteiger partial charge in [-0.3, -0.25) is 0 Å². The summed E-state index contributed by atoms with van der Waals surface area (Å²) in [6.07, 6.45) is 0.853. The summed E-state index contributed by atoms with van der Waals surface area (Å²) in [5.74, 6) is 0.240. The second-order valence-electron chi connectivity index (χ2n) is 4.67. The summed E-state index contributed by atoms with van der Waals surface area (Å²) >= 11 is 0. The third kappa shape index (κ3) is 4.38. The first kappa shape index (κ1) is 14.1. The topological polar surface area (TPSA) is 34.1 Å². The molecule has 0 aliphatic carbocycles. The van der Waals surface area contributed by atoms with E-state index in [2.05, 4.69) is 10.3 Å². The molecule has 2 rings (SSSR count). The molecule has 6 heteroatoms. The van der Waals surface area contributed by atoms with E-state index in [1.807, 2.05) is 0 Å². The third-order valence-corrected chi connectivity index (χ3v) is 3.19. The fourth-order valence-electron chi connectivity index (χ4n) is 2.11. The molecule has 0 spiro atoms. The summed E-state index contributed by atoms with van der Waals surface area (Å²) in [5.41, 5.74) is -0.756. The van der Waals surface area contributed by atoms with Crippen LogP contribution in [-0.2, 0) is 6.18 Å². The van der Waals surface area contributed by atoms with E-state index in [9.17, 15) is 13.2 Å². The van der Waals surface area contributed by atoms with Crippen LogP contribution in [0.15, 0.2) is 18.3 Å². The molecule has 1 aromatic heterocycles. The van der Waals surface area contributed by atoms with Gasteiger partial charge in [0, 0.05) is 18.3 Å². The average molecular weight is 274 g/mol. The molecule has 0 bridgehead atoms. The lowest BCUT2D eigenvalue weighted by atomic mass is 10.0. The quantitative estimate of drug-likeness (QED) is 0.916. The second kappa shape index (κ2) is 6.23. The number of aromatic nitrogens is 1. The number of rotatable bonds is 4. The van der Waals surface area contributed by atoms with Crippen molar-refractivity contribution in [2.75, 3.05) is 13.2 Å². The van der Waals surface area contributed by atoms with Crippen molar-refractivity contribution in [3.05, 3.63) is 23.9 Å². The van der Waals surface area contributed by atoms with Gasteiger partial charge < -0.3 is 10.1 Å². The molecule has 0 amide bonds. The Hall–Kier alpha value is -1.30. The van der Waals surface area contributed by atoms with Crippen LogP contribution >= 0.6 is 0 Å². The molecule has 0 radical (unpaired) electrons. The van der Waals surface area contributed by atoms with Gasteiger partial charge in [-0.1, -0.05) is 6.42 Å². The number of nitrogens with one attached hydrogen (secondary N) is 1. The van der Waals surface area contributed by atoms with Crippen LogP contribution in [0.1, 0.15) is 31.2 Å². The van der Waals surface area contributed by atoms with Crippen molar-refractivity contribution in [1.29, 1.82) is 0 Å². The molecule has 1 aliphatic rings. The Kier molecular flexibility index (Phi) is 4.63. The summed E-state index contributed by atoms with van der Waals surface area (Å²) in [4.78, 5) is 3.67. The number of nitrogens with zero attached hydrogens (tertiary/aromatic N) is 1. The molecule has 19 heavy (non-hydrogen) atoms. The van der Waals surface area contributed by atoms with Gasteiger partial charge in [0.25, 0.3) is 0 Å². The molecule has 2 heterocycles. The van der Waals surface area contributed by atoms with Crippen molar-refractivity contribution < 1.29 is 17.9 Å². The van der Waals surface area contributed by atoms with Gasteiger partial charge in [0.2, 0.25) is 5.88 Å². The summed E-state index contributed by atoms with van der Waals surface area (Å²) in [7, 11) is 0.